The van der Waals surface area contributed by atoms with Crippen LogP contribution in [-0.2, 0) is 9.59 Å². The molecule has 1 saturated heterocycles. The van der Waals surface area contributed by atoms with Crippen LogP contribution in [0.1, 0.15) is 27.1 Å². The molecule has 0 atom stereocenters. The number of rotatable bonds is 1. The maximum Gasteiger partial charge on any atom is 0.261 e. The Morgan fingerprint density at radius 3 is 2.32 bits per heavy atom. The number of carbonyl (C=O) groups is 4. The Hall–Kier alpha value is -2.50. The summed E-state index contributed by atoms with van der Waals surface area (Å²) in [6.45, 7) is 0.0234. The zero-order chi connectivity index (χ0) is 13.7. The fourth-order valence-corrected chi connectivity index (χ4v) is 2.34. The van der Waals surface area contributed by atoms with E-state index in [9.17, 15) is 19.2 Å². The fraction of sp³-hybridized carbons (Fsp3) is 0.231. The lowest BCUT2D eigenvalue weighted by molar-refractivity contribution is -0.121. The number of hydrogen-bond donors (Lipinski definition) is 0. The molecule has 6 heteroatoms. The summed E-state index contributed by atoms with van der Waals surface area (Å²) in [5.41, 5.74) is 1.08. The van der Waals surface area contributed by atoms with Gasteiger partial charge in [-0.1, -0.05) is 0 Å². The Bertz CT molecular complexity index is 650. The summed E-state index contributed by atoms with van der Waals surface area (Å²) in [5.74, 6) is -1.17. The van der Waals surface area contributed by atoms with Crippen LogP contribution in [0.15, 0.2) is 18.2 Å². The van der Waals surface area contributed by atoms with E-state index < -0.39 is 0 Å². The Labute approximate surface area is 108 Å². The molecule has 3 rings (SSSR count). The number of ketones is 1. The normalized spacial score (nSPS) is 18.6. The van der Waals surface area contributed by atoms with Crippen LogP contribution in [0.5, 0.6) is 0 Å². The second kappa shape index (κ2) is 3.74. The minimum absolute atomic E-state index is 0.0234. The molecule has 0 saturated carbocycles. The van der Waals surface area contributed by atoms with Crippen LogP contribution in [0, 0.1) is 0 Å². The zero-order valence-electron chi connectivity index (χ0n) is 10.2. The van der Waals surface area contributed by atoms with Gasteiger partial charge in [0.15, 0.2) is 5.78 Å². The van der Waals surface area contributed by atoms with Crippen LogP contribution >= 0.6 is 0 Å². The van der Waals surface area contributed by atoms with Crippen molar-refractivity contribution >= 4 is 29.2 Å². The summed E-state index contributed by atoms with van der Waals surface area (Å²) in [6.07, 6.45) is -0.107. The number of Topliss-reactive ketones (excluding diaryl/α,β-unsaturated/α-hetero) is 1. The summed E-state index contributed by atoms with van der Waals surface area (Å²) >= 11 is 0. The molecule has 2 aliphatic heterocycles. The van der Waals surface area contributed by atoms with E-state index in [1.807, 2.05) is 0 Å². The van der Waals surface area contributed by atoms with Crippen LogP contribution < -0.4 is 4.90 Å². The molecule has 1 fully saturated rings. The van der Waals surface area contributed by atoms with E-state index in [-0.39, 0.29) is 42.0 Å². The number of benzene rings is 1. The number of anilines is 1. The SMILES string of the molecule is CN1C(=O)c2ccc(N3CC(=O)CC3=O)cc2C1=O. The van der Waals surface area contributed by atoms with Gasteiger partial charge >= 0.3 is 0 Å². The summed E-state index contributed by atoms with van der Waals surface area (Å²) < 4.78 is 0. The van der Waals surface area contributed by atoms with E-state index in [1.54, 1.807) is 6.07 Å². The molecule has 0 spiro atoms. The van der Waals surface area contributed by atoms with E-state index in [0.29, 0.717) is 11.3 Å². The molecule has 0 radical (unpaired) electrons. The Morgan fingerprint density at radius 2 is 1.68 bits per heavy atom. The number of amides is 3. The molecule has 2 heterocycles. The van der Waals surface area contributed by atoms with Crippen molar-refractivity contribution in [1.82, 2.24) is 4.90 Å². The molecule has 0 N–H and O–H groups in total. The quantitative estimate of drug-likeness (QED) is 0.533. The Morgan fingerprint density at radius 1 is 1.00 bits per heavy atom. The molecule has 0 aliphatic carbocycles. The number of imide groups is 1. The molecule has 96 valence electrons. The van der Waals surface area contributed by atoms with Gasteiger partial charge in [0.2, 0.25) is 5.91 Å². The molecule has 1 aromatic rings. The van der Waals surface area contributed by atoms with E-state index in [2.05, 4.69) is 0 Å². The average molecular weight is 258 g/mol. The van der Waals surface area contributed by atoms with Gasteiger partial charge in [-0.15, -0.1) is 0 Å². The van der Waals surface area contributed by atoms with Gasteiger partial charge in [-0.25, -0.2) is 0 Å². The highest BCUT2D eigenvalue weighted by atomic mass is 16.2. The van der Waals surface area contributed by atoms with E-state index >= 15 is 0 Å². The van der Waals surface area contributed by atoms with Gasteiger partial charge in [0.05, 0.1) is 24.1 Å². The summed E-state index contributed by atoms with van der Waals surface area (Å²) in [5, 5.41) is 0. The predicted molar refractivity (Wildman–Crippen MR) is 64.8 cm³/mol. The van der Waals surface area contributed by atoms with Gasteiger partial charge < -0.3 is 4.90 Å². The Balaban J connectivity index is 2.04. The maximum atomic E-state index is 11.9. The predicted octanol–water partition coefficient (Wildman–Crippen LogP) is 0.218. The van der Waals surface area contributed by atoms with E-state index in [1.165, 1.54) is 24.1 Å². The molecule has 1 aromatic carbocycles. The van der Waals surface area contributed by atoms with Crippen LogP contribution in [0.2, 0.25) is 0 Å². The van der Waals surface area contributed by atoms with Gasteiger partial charge in [-0.2, -0.15) is 0 Å². The molecular weight excluding hydrogens is 248 g/mol. The van der Waals surface area contributed by atoms with Crippen molar-refractivity contribution in [1.29, 1.82) is 0 Å². The van der Waals surface area contributed by atoms with Gasteiger partial charge in [-0.05, 0) is 18.2 Å². The first kappa shape index (κ1) is 11.6. The number of fused-ring (bicyclic) bond motifs is 1. The van der Waals surface area contributed by atoms with Crippen molar-refractivity contribution in [3.63, 3.8) is 0 Å². The lowest BCUT2D eigenvalue weighted by Crippen LogP contribution is -2.25. The lowest BCUT2D eigenvalue weighted by Gasteiger charge is -2.15. The third-order valence-corrected chi connectivity index (χ3v) is 3.37. The molecule has 3 amide bonds. The second-order valence-electron chi connectivity index (χ2n) is 4.59. The zero-order valence-corrected chi connectivity index (χ0v) is 10.2. The highest BCUT2D eigenvalue weighted by Crippen LogP contribution is 2.28. The van der Waals surface area contributed by atoms with Crippen molar-refractivity contribution in [3.8, 4) is 0 Å². The van der Waals surface area contributed by atoms with Gasteiger partial charge in [0.25, 0.3) is 11.8 Å². The first-order valence-electron chi connectivity index (χ1n) is 5.77. The monoisotopic (exact) mass is 258 g/mol. The summed E-state index contributed by atoms with van der Waals surface area (Å²) in [6, 6.07) is 4.60. The maximum absolute atomic E-state index is 11.9. The van der Waals surface area contributed by atoms with E-state index in [4.69, 9.17) is 0 Å². The van der Waals surface area contributed by atoms with Gasteiger partial charge in [-0.3, -0.25) is 24.1 Å². The minimum atomic E-state index is -0.389. The highest BCUT2D eigenvalue weighted by molar-refractivity contribution is 6.22. The summed E-state index contributed by atoms with van der Waals surface area (Å²) in [4.78, 5) is 48.8. The topological polar surface area (TPSA) is 74.8 Å². The van der Waals surface area contributed by atoms with Gasteiger partial charge in [0, 0.05) is 12.7 Å². The minimum Gasteiger partial charge on any atom is -0.305 e. The molecule has 6 nitrogen and oxygen atoms in total. The molecule has 19 heavy (non-hydrogen) atoms. The largest absolute Gasteiger partial charge is 0.305 e. The Kier molecular flexibility index (Phi) is 2.28. The van der Waals surface area contributed by atoms with Crippen molar-refractivity contribution in [3.05, 3.63) is 29.3 Å². The highest BCUT2D eigenvalue weighted by Gasteiger charge is 2.35. The van der Waals surface area contributed by atoms with Crippen molar-refractivity contribution in [2.75, 3.05) is 18.5 Å². The fourth-order valence-electron chi connectivity index (χ4n) is 2.34. The van der Waals surface area contributed by atoms with Crippen molar-refractivity contribution in [2.45, 2.75) is 6.42 Å². The molecule has 0 bridgehead atoms. The third kappa shape index (κ3) is 1.56. The smallest absolute Gasteiger partial charge is 0.261 e. The van der Waals surface area contributed by atoms with E-state index in [0.717, 1.165) is 4.90 Å². The molecule has 0 unspecified atom stereocenters. The molecule has 0 aromatic heterocycles. The lowest BCUT2D eigenvalue weighted by atomic mass is 10.1. The van der Waals surface area contributed by atoms with Crippen LogP contribution in [0.4, 0.5) is 5.69 Å². The van der Waals surface area contributed by atoms with Crippen LogP contribution in [0.3, 0.4) is 0 Å². The molecule has 2 aliphatic rings. The van der Waals surface area contributed by atoms with Gasteiger partial charge in [0.1, 0.15) is 0 Å². The third-order valence-electron chi connectivity index (χ3n) is 3.37. The average Bonchev–Trinajstić information content (AvgIpc) is 2.83. The first-order chi connectivity index (χ1) is 8.99. The number of nitrogens with zero attached hydrogens (tertiary/aromatic N) is 2. The molecular formula is C13H10N2O4. The summed E-state index contributed by atoms with van der Waals surface area (Å²) in [7, 11) is 1.41. The van der Waals surface area contributed by atoms with Crippen molar-refractivity contribution < 1.29 is 19.2 Å². The number of hydrogen-bond acceptors (Lipinski definition) is 4. The standard InChI is InChI=1S/C13H10N2O4/c1-14-12(18)9-3-2-7(4-10(9)13(14)19)15-6-8(16)5-11(15)17/h2-4H,5-6H2,1H3. The first-order valence-corrected chi connectivity index (χ1v) is 5.77. The van der Waals surface area contributed by atoms with Crippen LogP contribution in [0.25, 0.3) is 0 Å². The van der Waals surface area contributed by atoms with Crippen LogP contribution in [-0.4, -0.2) is 42.0 Å². The van der Waals surface area contributed by atoms with Crippen molar-refractivity contribution in [2.24, 2.45) is 0 Å². The second-order valence-corrected chi connectivity index (χ2v) is 4.59. The number of carbonyl (C=O) groups excluding carboxylic acids is 4.